The van der Waals surface area contributed by atoms with E-state index in [1.54, 1.807) is 6.92 Å². The Morgan fingerprint density at radius 3 is 2.56 bits per heavy atom. The first-order chi connectivity index (χ1) is 8.39. The molecule has 0 aliphatic rings. The Bertz CT molecular complexity index is 397. The first kappa shape index (κ1) is 14.5. The zero-order valence-corrected chi connectivity index (χ0v) is 9.91. The van der Waals surface area contributed by atoms with Crippen LogP contribution in [0, 0.1) is 0 Å². The second-order valence-electron chi connectivity index (χ2n) is 3.67. The molecule has 1 aromatic heterocycles. The topological polar surface area (TPSA) is 75.3 Å². The average molecular weight is 264 g/mol. The summed E-state index contributed by atoms with van der Waals surface area (Å²) in [5.41, 5.74) is 6.06. The van der Waals surface area contributed by atoms with Crippen LogP contribution in [0.25, 0.3) is 0 Å². The number of nitrogen functional groups attached to an aromatic ring is 1. The normalized spacial score (nSPS) is 11.6. The van der Waals surface area contributed by atoms with Gasteiger partial charge >= 0.3 is 6.18 Å². The number of aliphatic hydroxyl groups excluding tert-OH is 1. The van der Waals surface area contributed by atoms with Crippen molar-refractivity contribution in [3.05, 3.63) is 11.9 Å². The lowest BCUT2D eigenvalue weighted by molar-refractivity contribution is -0.120. The van der Waals surface area contributed by atoms with Gasteiger partial charge in [0.1, 0.15) is 24.5 Å². The first-order valence-electron chi connectivity index (χ1n) is 5.41. The first-order valence-corrected chi connectivity index (χ1v) is 5.41. The predicted molar refractivity (Wildman–Crippen MR) is 61.2 cm³/mol. The molecular weight excluding hydrogens is 249 g/mol. The van der Waals surface area contributed by atoms with E-state index in [0.717, 1.165) is 11.2 Å². The summed E-state index contributed by atoms with van der Waals surface area (Å²) >= 11 is 0. The van der Waals surface area contributed by atoms with Crippen LogP contribution in [0.15, 0.2) is 6.33 Å². The van der Waals surface area contributed by atoms with Crippen LogP contribution >= 0.6 is 0 Å². The van der Waals surface area contributed by atoms with Gasteiger partial charge in [-0.15, -0.1) is 0 Å². The number of aliphatic hydroxyl groups is 1. The molecule has 0 aromatic carbocycles. The second-order valence-corrected chi connectivity index (χ2v) is 3.67. The molecule has 0 spiro atoms. The lowest BCUT2D eigenvalue weighted by Crippen LogP contribution is -2.37. The minimum absolute atomic E-state index is 0.122. The lowest BCUT2D eigenvalue weighted by atomic mass is 10.2. The van der Waals surface area contributed by atoms with E-state index in [0.29, 0.717) is 12.0 Å². The number of nitrogens with two attached hydrogens (primary N) is 1. The Labute approximate surface area is 102 Å². The number of hydrogen-bond donors (Lipinski definition) is 2. The standard InChI is InChI=1S/C10H15F3N4O/c1-2-7-8(14)15-6-16-9(7)17(3-4-18)5-10(11,12)13/h6,18H,2-5H2,1H3,(H2,14,15,16). The van der Waals surface area contributed by atoms with Crippen molar-refractivity contribution < 1.29 is 18.3 Å². The minimum atomic E-state index is -4.38. The summed E-state index contributed by atoms with van der Waals surface area (Å²) in [6, 6.07) is 0. The van der Waals surface area contributed by atoms with E-state index in [1.165, 1.54) is 0 Å². The molecule has 1 heterocycles. The summed E-state index contributed by atoms with van der Waals surface area (Å²) in [4.78, 5) is 8.54. The van der Waals surface area contributed by atoms with Gasteiger partial charge < -0.3 is 15.7 Å². The molecule has 8 heteroatoms. The molecule has 1 rings (SSSR count). The maximum atomic E-state index is 12.5. The largest absolute Gasteiger partial charge is 0.405 e. The van der Waals surface area contributed by atoms with Crippen LogP contribution in [0.5, 0.6) is 0 Å². The minimum Gasteiger partial charge on any atom is -0.395 e. The molecule has 0 unspecified atom stereocenters. The van der Waals surface area contributed by atoms with Gasteiger partial charge in [0, 0.05) is 12.1 Å². The third-order valence-corrected chi connectivity index (χ3v) is 2.35. The fourth-order valence-electron chi connectivity index (χ4n) is 1.62. The highest BCUT2D eigenvalue weighted by molar-refractivity contribution is 5.56. The fraction of sp³-hybridized carbons (Fsp3) is 0.600. The molecule has 1 aromatic rings. The average Bonchev–Trinajstić information content (AvgIpc) is 2.26. The number of rotatable bonds is 5. The highest BCUT2D eigenvalue weighted by Gasteiger charge is 2.32. The molecule has 0 radical (unpaired) electrons. The van der Waals surface area contributed by atoms with Crippen molar-refractivity contribution in [2.75, 3.05) is 30.3 Å². The van der Waals surface area contributed by atoms with E-state index in [1.807, 2.05) is 0 Å². The molecule has 18 heavy (non-hydrogen) atoms. The van der Waals surface area contributed by atoms with E-state index >= 15 is 0 Å². The molecule has 0 amide bonds. The van der Waals surface area contributed by atoms with Crippen LogP contribution in [0.1, 0.15) is 12.5 Å². The Balaban J connectivity index is 3.09. The van der Waals surface area contributed by atoms with Gasteiger partial charge in [0.25, 0.3) is 0 Å². The zero-order valence-electron chi connectivity index (χ0n) is 9.91. The number of nitrogens with zero attached hydrogens (tertiary/aromatic N) is 3. The van der Waals surface area contributed by atoms with Crippen molar-refractivity contribution in [1.82, 2.24) is 9.97 Å². The van der Waals surface area contributed by atoms with Gasteiger partial charge in [-0.05, 0) is 6.42 Å². The summed E-state index contributed by atoms with van der Waals surface area (Å²) in [6.07, 6.45) is -2.84. The van der Waals surface area contributed by atoms with Gasteiger partial charge in [-0.1, -0.05) is 6.92 Å². The molecule has 0 saturated carbocycles. The van der Waals surface area contributed by atoms with Crippen molar-refractivity contribution >= 4 is 11.6 Å². The third-order valence-electron chi connectivity index (χ3n) is 2.35. The Morgan fingerprint density at radius 2 is 2.06 bits per heavy atom. The monoisotopic (exact) mass is 264 g/mol. The number of anilines is 2. The number of halogens is 3. The summed E-state index contributed by atoms with van der Waals surface area (Å²) in [7, 11) is 0. The van der Waals surface area contributed by atoms with Gasteiger partial charge in [0.05, 0.1) is 6.61 Å². The molecular formula is C10H15F3N4O. The van der Waals surface area contributed by atoms with Crippen molar-refractivity contribution in [3.63, 3.8) is 0 Å². The second kappa shape index (κ2) is 5.85. The Morgan fingerprint density at radius 1 is 1.39 bits per heavy atom. The molecule has 0 atom stereocenters. The summed E-state index contributed by atoms with van der Waals surface area (Å²) < 4.78 is 37.4. The molecule has 0 aliphatic carbocycles. The van der Waals surface area contributed by atoms with E-state index in [9.17, 15) is 13.2 Å². The van der Waals surface area contributed by atoms with Gasteiger partial charge in [-0.3, -0.25) is 0 Å². The van der Waals surface area contributed by atoms with Crippen LogP contribution in [0.2, 0.25) is 0 Å². The fourth-order valence-corrected chi connectivity index (χ4v) is 1.62. The SMILES string of the molecule is CCc1c(N)ncnc1N(CCO)CC(F)(F)F. The van der Waals surface area contributed by atoms with Gasteiger partial charge in [0.2, 0.25) is 0 Å². The number of aromatic nitrogens is 2. The van der Waals surface area contributed by atoms with Crippen molar-refractivity contribution in [2.24, 2.45) is 0 Å². The van der Waals surface area contributed by atoms with E-state index in [4.69, 9.17) is 10.8 Å². The summed E-state index contributed by atoms with van der Waals surface area (Å²) in [5.74, 6) is 0.281. The smallest absolute Gasteiger partial charge is 0.395 e. The van der Waals surface area contributed by atoms with Crippen LogP contribution < -0.4 is 10.6 Å². The molecule has 0 fully saturated rings. The van der Waals surface area contributed by atoms with Gasteiger partial charge in [-0.2, -0.15) is 13.2 Å². The van der Waals surface area contributed by atoms with Crippen LogP contribution in [-0.4, -0.2) is 40.9 Å². The van der Waals surface area contributed by atoms with Crippen LogP contribution in [0.3, 0.4) is 0 Å². The molecule has 0 saturated heterocycles. The maximum absolute atomic E-state index is 12.5. The van der Waals surface area contributed by atoms with E-state index in [-0.39, 0.29) is 18.2 Å². The zero-order chi connectivity index (χ0) is 13.8. The van der Waals surface area contributed by atoms with Crippen LogP contribution in [0.4, 0.5) is 24.8 Å². The highest BCUT2D eigenvalue weighted by Crippen LogP contribution is 2.25. The summed E-state index contributed by atoms with van der Waals surface area (Å²) in [6.45, 7) is 0.00634. The Hall–Kier alpha value is -1.57. The molecule has 5 nitrogen and oxygen atoms in total. The van der Waals surface area contributed by atoms with Crippen molar-refractivity contribution in [2.45, 2.75) is 19.5 Å². The maximum Gasteiger partial charge on any atom is 0.405 e. The van der Waals surface area contributed by atoms with E-state index in [2.05, 4.69) is 9.97 Å². The lowest BCUT2D eigenvalue weighted by Gasteiger charge is -2.26. The van der Waals surface area contributed by atoms with Gasteiger partial charge in [-0.25, -0.2) is 9.97 Å². The van der Waals surface area contributed by atoms with Crippen molar-refractivity contribution in [3.8, 4) is 0 Å². The number of hydrogen-bond acceptors (Lipinski definition) is 5. The third kappa shape index (κ3) is 3.73. The predicted octanol–water partition coefficient (Wildman–Crippen LogP) is 0.982. The molecule has 3 N–H and O–H groups in total. The molecule has 102 valence electrons. The van der Waals surface area contributed by atoms with Gasteiger partial charge in [0.15, 0.2) is 0 Å². The highest BCUT2D eigenvalue weighted by atomic mass is 19.4. The molecule has 0 aliphatic heterocycles. The summed E-state index contributed by atoms with van der Waals surface area (Å²) in [5, 5.41) is 8.84. The molecule has 0 bridgehead atoms. The van der Waals surface area contributed by atoms with Crippen LogP contribution in [-0.2, 0) is 6.42 Å². The van der Waals surface area contributed by atoms with E-state index < -0.39 is 19.3 Å². The Kier molecular flexibility index (Phi) is 4.71. The number of alkyl halides is 3. The van der Waals surface area contributed by atoms with Crippen molar-refractivity contribution in [1.29, 1.82) is 0 Å². The quantitative estimate of drug-likeness (QED) is 0.829.